The number of hydrogen-bond donors (Lipinski definition) is 1. The van der Waals surface area contributed by atoms with Crippen LogP contribution in [0.2, 0.25) is 5.02 Å². The van der Waals surface area contributed by atoms with E-state index in [4.69, 9.17) is 11.6 Å². The molecule has 0 aliphatic rings. The van der Waals surface area contributed by atoms with Crippen molar-refractivity contribution in [3.8, 4) is 0 Å². The third kappa shape index (κ3) is 5.53. The Balaban J connectivity index is 1.49. The van der Waals surface area contributed by atoms with E-state index >= 15 is 0 Å². The van der Waals surface area contributed by atoms with Gasteiger partial charge < -0.3 is 9.88 Å². The van der Waals surface area contributed by atoms with Gasteiger partial charge in [-0.15, -0.1) is 0 Å². The Morgan fingerprint density at radius 1 is 0.861 bits per heavy atom. The predicted octanol–water partition coefficient (Wildman–Crippen LogP) is 7.49. The summed E-state index contributed by atoms with van der Waals surface area (Å²) in [6, 6.07) is 34.9. The van der Waals surface area contributed by atoms with Crippen molar-refractivity contribution in [3.63, 3.8) is 0 Å². The molecule has 0 saturated heterocycles. The molecule has 0 spiro atoms. The fourth-order valence-corrected chi connectivity index (χ4v) is 4.96. The van der Waals surface area contributed by atoms with Crippen molar-refractivity contribution in [1.82, 2.24) is 9.88 Å². The summed E-state index contributed by atoms with van der Waals surface area (Å²) in [5, 5.41) is 4.93. The third-order valence-corrected chi connectivity index (χ3v) is 6.88. The van der Waals surface area contributed by atoms with Crippen molar-refractivity contribution in [2.75, 3.05) is 0 Å². The van der Waals surface area contributed by atoms with Crippen LogP contribution < -0.4 is 5.32 Å². The second kappa shape index (κ2) is 10.8. The molecule has 0 aliphatic heterocycles. The molecule has 180 valence electrons. The zero-order valence-electron chi connectivity index (χ0n) is 20.3. The first-order chi connectivity index (χ1) is 17.6. The van der Waals surface area contributed by atoms with Crippen LogP contribution in [0.3, 0.4) is 0 Å². The van der Waals surface area contributed by atoms with Gasteiger partial charge in [-0.25, -0.2) is 0 Å². The molecule has 1 amide bonds. The monoisotopic (exact) mass is 492 g/mol. The zero-order chi connectivity index (χ0) is 24.9. The number of carbonyl (C=O) groups is 1. The minimum absolute atomic E-state index is 0.0131. The summed E-state index contributed by atoms with van der Waals surface area (Å²) in [5.41, 5.74) is 6.90. The van der Waals surface area contributed by atoms with Crippen LogP contribution in [-0.2, 0) is 17.9 Å². The normalized spacial score (nSPS) is 11.9. The lowest BCUT2D eigenvalue weighted by atomic mass is 9.88. The van der Waals surface area contributed by atoms with Crippen molar-refractivity contribution < 1.29 is 4.79 Å². The number of amides is 1. The van der Waals surface area contributed by atoms with Gasteiger partial charge in [0.1, 0.15) is 0 Å². The SMILES string of the molecule is Cc1ccc(Cn2cc(C(CC(=O)NCc3ccccc3)c3cccc(Cl)c3)c3ccccc32)cc1. The largest absolute Gasteiger partial charge is 0.352 e. The summed E-state index contributed by atoms with van der Waals surface area (Å²) in [5.74, 6) is -0.108. The van der Waals surface area contributed by atoms with Crippen LogP contribution in [0.25, 0.3) is 10.9 Å². The van der Waals surface area contributed by atoms with Gasteiger partial charge in [-0.3, -0.25) is 4.79 Å². The number of fused-ring (bicyclic) bond motifs is 1. The van der Waals surface area contributed by atoms with Gasteiger partial charge in [0, 0.05) is 47.6 Å². The fraction of sp³-hybridized carbons (Fsp3) is 0.156. The van der Waals surface area contributed by atoms with E-state index in [-0.39, 0.29) is 11.8 Å². The van der Waals surface area contributed by atoms with Crippen molar-refractivity contribution in [1.29, 1.82) is 0 Å². The van der Waals surface area contributed by atoms with Crippen LogP contribution in [0, 0.1) is 6.92 Å². The molecule has 1 atom stereocenters. The molecule has 4 aromatic carbocycles. The molecule has 0 aliphatic carbocycles. The Kier molecular flexibility index (Phi) is 7.20. The van der Waals surface area contributed by atoms with E-state index < -0.39 is 0 Å². The van der Waals surface area contributed by atoms with Crippen molar-refractivity contribution in [2.45, 2.75) is 32.4 Å². The summed E-state index contributed by atoms with van der Waals surface area (Å²) in [4.78, 5) is 13.2. The van der Waals surface area contributed by atoms with Crippen molar-refractivity contribution in [2.24, 2.45) is 0 Å². The lowest BCUT2D eigenvalue weighted by Crippen LogP contribution is -2.25. The highest BCUT2D eigenvalue weighted by atomic mass is 35.5. The number of aryl methyl sites for hydroxylation is 1. The number of nitrogens with one attached hydrogen (secondary N) is 1. The molecule has 1 aromatic heterocycles. The molecule has 1 N–H and O–H groups in total. The molecule has 4 heteroatoms. The van der Waals surface area contributed by atoms with E-state index in [9.17, 15) is 4.79 Å². The Morgan fingerprint density at radius 2 is 1.61 bits per heavy atom. The number of para-hydroxylation sites is 1. The molecular formula is C32H29ClN2O. The van der Waals surface area contributed by atoms with Gasteiger partial charge in [0.15, 0.2) is 0 Å². The van der Waals surface area contributed by atoms with Crippen molar-refractivity contribution in [3.05, 3.63) is 142 Å². The van der Waals surface area contributed by atoms with E-state index in [0.29, 0.717) is 18.0 Å². The van der Waals surface area contributed by atoms with Crippen LogP contribution in [0.1, 0.15) is 40.2 Å². The van der Waals surface area contributed by atoms with Crippen LogP contribution in [0.4, 0.5) is 0 Å². The lowest BCUT2D eigenvalue weighted by molar-refractivity contribution is -0.121. The third-order valence-electron chi connectivity index (χ3n) is 6.64. The zero-order valence-corrected chi connectivity index (χ0v) is 21.1. The Labute approximate surface area is 217 Å². The van der Waals surface area contributed by atoms with Crippen LogP contribution >= 0.6 is 11.6 Å². The number of hydrogen-bond acceptors (Lipinski definition) is 1. The van der Waals surface area contributed by atoms with E-state index in [1.54, 1.807) is 0 Å². The van der Waals surface area contributed by atoms with Crippen molar-refractivity contribution >= 4 is 28.4 Å². The molecule has 0 bridgehead atoms. The molecule has 0 radical (unpaired) electrons. The van der Waals surface area contributed by atoms with E-state index in [2.05, 4.69) is 77.6 Å². The lowest BCUT2D eigenvalue weighted by Gasteiger charge is -2.18. The van der Waals surface area contributed by atoms with Gasteiger partial charge in [-0.05, 0) is 47.4 Å². The fourth-order valence-electron chi connectivity index (χ4n) is 4.76. The average Bonchev–Trinajstić information content (AvgIpc) is 3.26. The number of nitrogens with zero attached hydrogens (tertiary/aromatic N) is 1. The quantitative estimate of drug-likeness (QED) is 0.239. The maximum atomic E-state index is 13.2. The maximum absolute atomic E-state index is 13.2. The second-order valence-corrected chi connectivity index (χ2v) is 9.73. The standard InChI is InChI=1S/C32H29ClN2O/c1-23-14-16-25(17-15-23)21-35-22-30(28-12-5-6-13-31(28)35)29(26-10-7-11-27(33)18-26)19-32(36)34-20-24-8-3-2-4-9-24/h2-18,22,29H,19-21H2,1H3,(H,34,36). The van der Waals surface area contributed by atoms with Gasteiger partial charge in [0.05, 0.1) is 0 Å². The molecule has 36 heavy (non-hydrogen) atoms. The van der Waals surface area contributed by atoms with E-state index in [1.165, 1.54) is 11.1 Å². The van der Waals surface area contributed by atoms with E-state index in [1.807, 2.05) is 48.5 Å². The number of aromatic nitrogens is 1. The van der Waals surface area contributed by atoms with Gasteiger partial charge >= 0.3 is 0 Å². The number of carbonyl (C=O) groups excluding carboxylic acids is 1. The van der Waals surface area contributed by atoms with Crippen LogP contribution in [-0.4, -0.2) is 10.5 Å². The molecule has 1 heterocycles. The Hall–Kier alpha value is -3.82. The minimum Gasteiger partial charge on any atom is -0.352 e. The van der Waals surface area contributed by atoms with Gasteiger partial charge in [0.2, 0.25) is 5.91 Å². The maximum Gasteiger partial charge on any atom is 0.221 e. The van der Waals surface area contributed by atoms with Crippen LogP contribution in [0.5, 0.6) is 0 Å². The summed E-state index contributed by atoms with van der Waals surface area (Å²) >= 11 is 6.39. The Bertz CT molecular complexity index is 1470. The summed E-state index contributed by atoms with van der Waals surface area (Å²) in [6.07, 6.45) is 2.55. The average molecular weight is 493 g/mol. The molecule has 0 fully saturated rings. The molecule has 1 unspecified atom stereocenters. The molecule has 3 nitrogen and oxygen atoms in total. The predicted molar refractivity (Wildman–Crippen MR) is 148 cm³/mol. The number of rotatable bonds is 8. The van der Waals surface area contributed by atoms with Gasteiger partial charge in [-0.1, -0.05) is 102 Å². The highest BCUT2D eigenvalue weighted by molar-refractivity contribution is 6.30. The molecule has 5 rings (SSSR count). The summed E-state index contributed by atoms with van der Waals surface area (Å²) in [7, 11) is 0. The second-order valence-electron chi connectivity index (χ2n) is 9.29. The first kappa shape index (κ1) is 23.9. The number of benzene rings is 4. The first-order valence-corrected chi connectivity index (χ1v) is 12.6. The minimum atomic E-state index is -0.122. The molecule has 5 aromatic rings. The highest BCUT2D eigenvalue weighted by Crippen LogP contribution is 2.36. The number of halogens is 1. The smallest absolute Gasteiger partial charge is 0.221 e. The first-order valence-electron chi connectivity index (χ1n) is 12.3. The highest BCUT2D eigenvalue weighted by Gasteiger charge is 2.23. The van der Waals surface area contributed by atoms with Gasteiger partial charge in [-0.2, -0.15) is 0 Å². The topological polar surface area (TPSA) is 34.0 Å². The molecular weight excluding hydrogens is 464 g/mol. The molecule has 0 saturated carbocycles. The van der Waals surface area contributed by atoms with Gasteiger partial charge in [0.25, 0.3) is 0 Å². The van der Waals surface area contributed by atoms with Crippen LogP contribution in [0.15, 0.2) is 109 Å². The summed E-state index contributed by atoms with van der Waals surface area (Å²) < 4.78 is 2.29. The summed E-state index contributed by atoms with van der Waals surface area (Å²) in [6.45, 7) is 3.38. The van der Waals surface area contributed by atoms with E-state index in [0.717, 1.165) is 34.1 Å². The Morgan fingerprint density at radius 3 is 2.39 bits per heavy atom.